The number of benzene rings is 1. The molecule has 20 heavy (non-hydrogen) atoms. The van der Waals surface area contributed by atoms with Gasteiger partial charge >= 0.3 is 0 Å². The second kappa shape index (κ2) is 7.33. The molecule has 0 aliphatic carbocycles. The number of nitrogens with zero attached hydrogens (tertiary/aromatic N) is 1. The van der Waals surface area contributed by atoms with E-state index >= 15 is 0 Å². The van der Waals surface area contributed by atoms with Gasteiger partial charge in [-0.3, -0.25) is 9.59 Å². The highest BCUT2D eigenvalue weighted by Crippen LogP contribution is 2.34. The highest BCUT2D eigenvalue weighted by atomic mass is 32.2. The number of hydrogen-bond donors (Lipinski definition) is 1. The van der Waals surface area contributed by atoms with E-state index in [4.69, 9.17) is 0 Å². The Labute approximate surface area is 123 Å². The van der Waals surface area contributed by atoms with Gasteiger partial charge in [0.25, 0.3) is 0 Å². The normalized spacial score (nSPS) is 14.1. The summed E-state index contributed by atoms with van der Waals surface area (Å²) in [4.78, 5) is 26.6. The van der Waals surface area contributed by atoms with Gasteiger partial charge in [0.1, 0.15) is 0 Å². The molecule has 1 N–H and O–H groups in total. The fourth-order valence-corrected chi connectivity index (χ4v) is 3.04. The van der Waals surface area contributed by atoms with Gasteiger partial charge in [-0.05, 0) is 18.6 Å². The first kappa shape index (κ1) is 14.9. The monoisotopic (exact) mass is 292 g/mol. The van der Waals surface area contributed by atoms with Crippen LogP contribution in [0.4, 0.5) is 5.69 Å². The standard InChI is InChI=1S/C15H20N2O2S/c1-2-3-9-16-14(18)8-10-17-12-6-4-5-7-13(12)20-11-15(17)19/h4-7H,2-3,8-11H2,1H3,(H,16,18). The Morgan fingerprint density at radius 3 is 3.00 bits per heavy atom. The van der Waals surface area contributed by atoms with E-state index in [1.807, 2.05) is 24.3 Å². The molecule has 1 aromatic carbocycles. The SMILES string of the molecule is CCCCNC(=O)CCN1C(=O)CSc2ccccc21. The summed E-state index contributed by atoms with van der Waals surface area (Å²) in [5.41, 5.74) is 0.926. The molecule has 0 saturated heterocycles. The number of anilines is 1. The lowest BCUT2D eigenvalue weighted by atomic mass is 10.2. The molecule has 0 radical (unpaired) electrons. The van der Waals surface area contributed by atoms with E-state index in [0.717, 1.165) is 30.0 Å². The molecular weight excluding hydrogens is 272 g/mol. The van der Waals surface area contributed by atoms with Crippen LogP contribution in [0.5, 0.6) is 0 Å². The summed E-state index contributed by atoms with van der Waals surface area (Å²) in [7, 11) is 0. The van der Waals surface area contributed by atoms with Gasteiger partial charge in [0, 0.05) is 24.4 Å². The third-order valence-corrected chi connectivity index (χ3v) is 4.27. The Balaban J connectivity index is 1.92. The number of unbranched alkanes of at least 4 members (excludes halogenated alkanes) is 1. The average Bonchev–Trinajstić information content (AvgIpc) is 2.46. The Kier molecular flexibility index (Phi) is 5.47. The van der Waals surface area contributed by atoms with Crippen molar-refractivity contribution >= 4 is 29.3 Å². The third kappa shape index (κ3) is 3.76. The molecular formula is C15H20N2O2S. The largest absolute Gasteiger partial charge is 0.356 e. The number of thioether (sulfide) groups is 1. The number of carbonyl (C=O) groups excluding carboxylic acids is 2. The van der Waals surface area contributed by atoms with Gasteiger partial charge in [-0.25, -0.2) is 0 Å². The van der Waals surface area contributed by atoms with Crippen LogP contribution in [0.1, 0.15) is 26.2 Å². The van der Waals surface area contributed by atoms with E-state index in [1.165, 1.54) is 0 Å². The number of para-hydroxylation sites is 1. The Hall–Kier alpha value is -1.49. The van der Waals surface area contributed by atoms with Gasteiger partial charge in [-0.2, -0.15) is 0 Å². The minimum Gasteiger partial charge on any atom is -0.356 e. The molecule has 1 aliphatic rings. The minimum absolute atomic E-state index is 0.0157. The number of rotatable bonds is 6. The molecule has 0 unspecified atom stereocenters. The predicted octanol–water partition coefficient (Wildman–Crippen LogP) is 2.43. The quantitative estimate of drug-likeness (QED) is 0.819. The van der Waals surface area contributed by atoms with Crippen LogP contribution in [0.3, 0.4) is 0 Å². The van der Waals surface area contributed by atoms with Gasteiger partial charge in [0.2, 0.25) is 11.8 Å². The zero-order valence-electron chi connectivity index (χ0n) is 11.7. The van der Waals surface area contributed by atoms with E-state index in [9.17, 15) is 9.59 Å². The van der Waals surface area contributed by atoms with Crippen LogP contribution in [-0.2, 0) is 9.59 Å². The summed E-state index contributed by atoms with van der Waals surface area (Å²) >= 11 is 1.56. The first-order valence-corrected chi connectivity index (χ1v) is 8.00. The van der Waals surface area contributed by atoms with Crippen molar-refractivity contribution < 1.29 is 9.59 Å². The molecule has 2 amide bonds. The minimum atomic E-state index is 0.0157. The zero-order chi connectivity index (χ0) is 14.4. The van der Waals surface area contributed by atoms with Crippen LogP contribution < -0.4 is 10.2 Å². The van der Waals surface area contributed by atoms with Crippen molar-refractivity contribution in [2.24, 2.45) is 0 Å². The topological polar surface area (TPSA) is 49.4 Å². The average molecular weight is 292 g/mol. The molecule has 0 saturated carbocycles. The van der Waals surface area contributed by atoms with Crippen molar-refractivity contribution in [3.8, 4) is 0 Å². The molecule has 0 bridgehead atoms. The molecule has 1 aliphatic heterocycles. The van der Waals surface area contributed by atoms with Crippen LogP contribution in [0, 0.1) is 0 Å². The van der Waals surface area contributed by atoms with Gasteiger partial charge in [0.15, 0.2) is 0 Å². The van der Waals surface area contributed by atoms with E-state index in [1.54, 1.807) is 16.7 Å². The van der Waals surface area contributed by atoms with Gasteiger partial charge in [0.05, 0.1) is 11.4 Å². The Bertz CT molecular complexity index is 491. The lowest BCUT2D eigenvalue weighted by molar-refractivity contribution is -0.121. The molecule has 0 spiro atoms. The summed E-state index contributed by atoms with van der Waals surface area (Å²) in [6, 6.07) is 7.85. The molecule has 0 aromatic heterocycles. The van der Waals surface area contributed by atoms with Crippen molar-refractivity contribution in [2.75, 3.05) is 23.7 Å². The van der Waals surface area contributed by atoms with Crippen molar-refractivity contribution in [2.45, 2.75) is 31.1 Å². The Morgan fingerprint density at radius 2 is 2.20 bits per heavy atom. The van der Waals surface area contributed by atoms with Crippen LogP contribution in [-0.4, -0.2) is 30.7 Å². The highest BCUT2D eigenvalue weighted by molar-refractivity contribution is 8.00. The first-order valence-electron chi connectivity index (χ1n) is 7.01. The fourth-order valence-electron chi connectivity index (χ4n) is 2.11. The summed E-state index contributed by atoms with van der Waals surface area (Å²) < 4.78 is 0. The van der Waals surface area contributed by atoms with Crippen molar-refractivity contribution in [1.82, 2.24) is 5.32 Å². The third-order valence-electron chi connectivity index (χ3n) is 3.22. The second-order valence-electron chi connectivity index (χ2n) is 4.76. The lowest BCUT2D eigenvalue weighted by Gasteiger charge is -2.28. The maximum atomic E-state index is 12.0. The van der Waals surface area contributed by atoms with E-state index in [-0.39, 0.29) is 11.8 Å². The number of carbonyl (C=O) groups is 2. The van der Waals surface area contributed by atoms with Crippen LogP contribution in [0.25, 0.3) is 0 Å². The lowest BCUT2D eigenvalue weighted by Crippen LogP contribution is -2.38. The first-order chi connectivity index (χ1) is 9.72. The Morgan fingerprint density at radius 1 is 1.40 bits per heavy atom. The van der Waals surface area contributed by atoms with Gasteiger partial charge in [-0.15, -0.1) is 11.8 Å². The summed E-state index contributed by atoms with van der Waals surface area (Å²) in [5, 5.41) is 2.88. The van der Waals surface area contributed by atoms with E-state index < -0.39 is 0 Å². The summed E-state index contributed by atoms with van der Waals surface area (Å²) in [5.74, 6) is 0.547. The molecule has 0 fully saturated rings. The maximum absolute atomic E-state index is 12.0. The van der Waals surface area contributed by atoms with Crippen LogP contribution in [0.2, 0.25) is 0 Å². The molecule has 1 heterocycles. The fraction of sp³-hybridized carbons (Fsp3) is 0.467. The molecule has 4 nitrogen and oxygen atoms in total. The molecule has 108 valence electrons. The van der Waals surface area contributed by atoms with Crippen molar-refractivity contribution in [3.63, 3.8) is 0 Å². The van der Waals surface area contributed by atoms with Crippen LogP contribution in [0.15, 0.2) is 29.2 Å². The van der Waals surface area contributed by atoms with Gasteiger partial charge in [-0.1, -0.05) is 25.5 Å². The maximum Gasteiger partial charge on any atom is 0.237 e. The molecule has 5 heteroatoms. The van der Waals surface area contributed by atoms with Gasteiger partial charge < -0.3 is 10.2 Å². The van der Waals surface area contributed by atoms with E-state index in [2.05, 4.69) is 12.2 Å². The molecule has 2 rings (SSSR count). The number of nitrogens with one attached hydrogen (secondary N) is 1. The number of fused-ring (bicyclic) bond motifs is 1. The number of amides is 2. The second-order valence-corrected chi connectivity index (χ2v) is 5.77. The molecule has 1 aromatic rings. The zero-order valence-corrected chi connectivity index (χ0v) is 12.5. The highest BCUT2D eigenvalue weighted by Gasteiger charge is 2.24. The smallest absolute Gasteiger partial charge is 0.237 e. The summed E-state index contributed by atoms with van der Waals surface area (Å²) in [6.07, 6.45) is 2.41. The molecule has 0 atom stereocenters. The van der Waals surface area contributed by atoms with Crippen molar-refractivity contribution in [3.05, 3.63) is 24.3 Å². The van der Waals surface area contributed by atoms with Crippen LogP contribution >= 0.6 is 11.8 Å². The summed E-state index contributed by atoms with van der Waals surface area (Å²) in [6.45, 7) is 3.26. The van der Waals surface area contributed by atoms with Crippen molar-refractivity contribution in [1.29, 1.82) is 0 Å². The predicted molar refractivity (Wildman–Crippen MR) is 82.1 cm³/mol. The van der Waals surface area contributed by atoms with E-state index in [0.29, 0.717) is 18.7 Å². The number of hydrogen-bond acceptors (Lipinski definition) is 3.